The Morgan fingerprint density at radius 2 is 2.13 bits per heavy atom. The lowest BCUT2D eigenvalue weighted by Crippen LogP contribution is -2.30. The van der Waals surface area contributed by atoms with Gasteiger partial charge in [-0.2, -0.15) is 0 Å². The molecule has 0 saturated carbocycles. The number of fused-ring (bicyclic) bond motifs is 2. The molecule has 0 aromatic rings. The van der Waals surface area contributed by atoms with Gasteiger partial charge in [0.25, 0.3) is 0 Å². The maximum Gasteiger partial charge on any atom is 0.129 e. The number of rotatable bonds is 3. The van der Waals surface area contributed by atoms with Crippen LogP contribution in [0.25, 0.3) is 0 Å². The van der Waals surface area contributed by atoms with Crippen molar-refractivity contribution in [1.82, 2.24) is 0 Å². The van der Waals surface area contributed by atoms with Crippen LogP contribution >= 0.6 is 0 Å². The predicted octanol–water partition coefficient (Wildman–Crippen LogP) is 4.06. The summed E-state index contributed by atoms with van der Waals surface area (Å²) < 4.78 is 5.94. The van der Waals surface area contributed by atoms with Crippen LogP contribution in [0.15, 0.2) is 23.0 Å². The summed E-state index contributed by atoms with van der Waals surface area (Å²) in [5.41, 5.74) is 3.05. The normalized spacial score (nSPS) is 35.5. The van der Waals surface area contributed by atoms with E-state index in [2.05, 4.69) is 40.7 Å². The molecule has 2 aliphatic heterocycles. The fourth-order valence-electron chi connectivity index (χ4n) is 2.90. The van der Waals surface area contributed by atoms with E-state index in [-0.39, 0.29) is 5.41 Å². The van der Waals surface area contributed by atoms with Gasteiger partial charge in [-0.3, -0.25) is 0 Å². The molecule has 2 bridgehead atoms. The molecule has 0 fully saturated rings. The Labute approximate surface area is 93.2 Å². The fourth-order valence-corrected chi connectivity index (χ4v) is 2.90. The molecule has 0 saturated heterocycles. The summed E-state index contributed by atoms with van der Waals surface area (Å²) in [6.45, 7) is 11.3. The standard InChI is InChI=1S/C14H22O/c1-6-9(2)7-14(5)8-12-10(3)11(4)13(14)15-12/h8-9,13H,6-7H2,1-5H3. The van der Waals surface area contributed by atoms with Crippen LogP contribution in [0.2, 0.25) is 0 Å². The van der Waals surface area contributed by atoms with Crippen molar-refractivity contribution >= 4 is 0 Å². The number of allylic oxidation sites excluding steroid dienone is 1. The molecule has 2 heterocycles. The van der Waals surface area contributed by atoms with Gasteiger partial charge in [-0.15, -0.1) is 0 Å². The maximum atomic E-state index is 5.94. The third-order valence-electron chi connectivity index (χ3n) is 4.14. The first-order valence-corrected chi connectivity index (χ1v) is 6.05. The molecule has 0 aromatic heterocycles. The summed E-state index contributed by atoms with van der Waals surface area (Å²) in [6, 6.07) is 0. The Kier molecular flexibility index (Phi) is 2.44. The van der Waals surface area contributed by atoms with Crippen LogP contribution < -0.4 is 0 Å². The maximum absolute atomic E-state index is 5.94. The smallest absolute Gasteiger partial charge is 0.129 e. The third-order valence-corrected chi connectivity index (χ3v) is 4.14. The van der Waals surface area contributed by atoms with Crippen LogP contribution in [-0.4, -0.2) is 6.10 Å². The highest BCUT2D eigenvalue weighted by Crippen LogP contribution is 2.51. The quantitative estimate of drug-likeness (QED) is 0.676. The van der Waals surface area contributed by atoms with Crippen molar-refractivity contribution in [3.8, 4) is 0 Å². The monoisotopic (exact) mass is 206 g/mol. The van der Waals surface area contributed by atoms with Crippen LogP contribution in [0.4, 0.5) is 0 Å². The minimum atomic E-state index is 0.244. The zero-order valence-electron chi connectivity index (χ0n) is 10.6. The van der Waals surface area contributed by atoms with Gasteiger partial charge in [0.2, 0.25) is 0 Å². The van der Waals surface area contributed by atoms with E-state index in [9.17, 15) is 0 Å². The minimum Gasteiger partial charge on any atom is -0.485 e. The molecule has 3 unspecified atom stereocenters. The van der Waals surface area contributed by atoms with Crippen LogP contribution in [0.1, 0.15) is 47.5 Å². The van der Waals surface area contributed by atoms with E-state index in [1.165, 1.54) is 24.0 Å². The second-order valence-electron chi connectivity index (χ2n) is 5.54. The molecule has 0 radical (unpaired) electrons. The van der Waals surface area contributed by atoms with Gasteiger partial charge < -0.3 is 4.74 Å². The van der Waals surface area contributed by atoms with Gasteiger partial charge in [0.15, 0.2) is 0 Å². The molecule has 0 amide bonds. The van der Waals surface area contributed by atoms with Crippen LogP contribution in [0.3, 0.4) is 0 Å². The van der Waals surface area contributed by atoms with E-state index < -0.39 is 0 Å². The second-order valence-corrected chi connectivity index (χ2v) is 5.54. The molecule has 1 nitrogen and oxygen atoms in total. The first-order valence-electron chi connectivity index (χ1n) is 6.05. The van der Waals surface area contributed by atoms with Crippen molar-refractivity contribution < 1.29 is 4.74 Å². The lowest BCUT2D eigenvalue weighted by molar-refractivity contribution is 0.102. The summed E-state index contributed by atoms with van der Waals surface area (Å²) in [5, 5.41) is 0. The zero-order chi connectivity index (χ0) is 11.2. The minimum absolute atomic E-state index is 0.244. The predicted molar refractivity (Wildman–Crippen MR) is 63.5 cm³/mol. The Bertz CT molecular complexity index is 337. The van der Waals surface area contributed by atoms with E-state index in [0.717, 1.165) is 11.7 Å². The van der Waals surface area contributed by atoms with Crippen molar-refractivity contribution in [3.63, 3.8) is 0 Å². The average Bonchev–Trinajstić information content (AvgIpc) is 2.64. The zero-order valence-corrected chi connectivity index (χ0v) is 10.6. The van der Waals surface area contributed by atoms with E-state index >= 15 is 0 Å². The molecule has 84 valence electrons. The molecule has 0 aromatic carbocycles. The molecule has 15 heavy (non-hydrogen) atoms. The van der Waals surface area contributed by atoms with Crippen LogP contribution in [0, 0.1) is 11.3 Å². The van der Waals surface area contributed by atoms with Crippen molar-refractivity contribution in [1.29, 1.82) is 0 Å². The molecule has 1 heteroatoms. The highest BCUT2D eigenvalue weighted by molar-refractivity contribution is 5.44. The lowest BCUT2D eigenvalue weighted by atomic mass is 9.72. The largest absolute Gasteiger partial charge is 0.485 e. The SMILES string of the molecule is CCC(C)CC1(C)C=C2OC1C(C)=C2C. The van der Waals surface area contributed by atoms with Gasteiger partial charge in [0.05, 0.1) is 0 Å². The van der Waals surface area contributed by atoms with Gasteiger partial charge in [-0.25, -0.2) is 0 Å². The Hall–Kier alpha value is -0.720. The van der Waals surface area contributed by atoms with Gasteiger partial charge >= 0.3 is 0 Å². The number of hydrogen-bond acceptors (Lipinski definition) is 1. The Balaban J connectivity index is 2.20. The van der Waals surface area contributed by atoms with Crippen molar-refractivity contribution in [2.24, 2.45) is 11.3 Å². The molecular formula is C14H22O. The summed E-state index contributed by atoms with van der Waals surface area (Å²) in [7, 11) is 0. The van der Waals surface area contributed by atoms with Crippen molar-refractivity contribution in [2.45, 2.75) is 53.6 Å². The van der Waals surface area contributed by atoms with E-state index in [0.29, 0.717) is 6.10 Å². The van der Waals surface area contributed by atoms with Gasteiger partial charge in [0.1, 0.15) is 11.9 Å². The summed E-state index contributed by atoms with van der Waals surface area (Å²) in [6.07, 6.45) is 5.17. The Morgan fingerprint density at radius 1 is 1.47 bits per heavy atom. The molecular weight excluding hydrogens is 184 g/mol. The van der Waals surface area contributed by atoms with E-state index in [4.69, 9.17) is 4.74 Å². The second kappa shape index (κ2) is 3.40. The molecule has 0 aliphatic carbocycles. The van der Waals surface area contributed by atoms with Gasteiger partial charge in [-0.1, -0.05) is 27.2 Å². The van der Waals surface area contributed by atoms with Crippen LogP contribution in [-0.2, 0) is 4.74 Å². The fraction of sp³-hybridized carbons (Fsp3) is 0.714. The first-order chi connectivity index (χ1) is 6.98. The molecule has 2 rings (SSSR count). The lowest BCUT2D eigenvalue weighted by Gasteiger charge is -2.31. The van der Waals surface area contributed by atoms with Crippen LogP contribution in [0.5, 0.6) is 0 Å². The first kappa shape index (κ1) is 10.8. The molecule has 0 spiro atoms. The van der Waals surface area contributed by atoms with E-state index in [1.54, 1.807) is 0 Å². The third kappa shape index (κ3) is 1.53. The van der Waals surface area contributed by atoms with Gasteiger partial charge in [-0.05, 0) is 43.4 Å². The molecule has 2 aliphatic rings. The number of ether oxygens (including phenoxy) is 1. The summed E-state index contributed by atoms with van der Waals surface area (Å²) >= 11 is 0. The highest BCUT2D eigenvalue weighted by Gasteiger charge is 2.46. The Morgan fingerprint density at radius 3 is 2.60 bits per heavy atom. The van der Waals surface area contributed by atoms with E-state index in [1.807, 2.05) is 0 Å². The average molecular weight is 206 g/mol. The topological polar surface area (TPSA) is 9.23 Å². The van der Waals surface area contributed by atoms with Gasteiger partial charge in [0, 0.05) is 5.41 Å². The molecule has 3 atom stereocenters. The number of hydrogen-bond donors (Lipinski definition) is 0. The van der Waals surface area contributed by atoms with Crippen molar-refractivity contribution in [2.75, 3.05) is 0 Å². The highest BCUT2D eigenvalue weighted by atomic mass is 16.5. The summed E-state index contributed by atoms with van der Waals surface area (Å²) in [4.78, 5) is 0. The summed E-state index contributed by atoms with van der Waals surface area (Å²) in [5.74, 6) is 1.92. The molecule has 0 N–H and O–H groups in total. The van der Waals surface area contributed by atoms with Crippen molar-refractivity contribution in [3.05, 3.63) is 23.0 Å².